The van der Waals surface area contributed by atoms with Crippen LogP contribution < -0.4 is 0 Å². The number of benzene rings is 1. The van der Waals surface area contributed by atoms with Crippen LogP contribution in [0, 0.1) is 27.7 Å². The van der Waals surface area contributed by atoms with Gasteiger partial charge >= 0.3 is 0 Å². The number of hydrogen-bond donors (Lipinski definition) is 0. The third-order valence-corrected chi connectivity index (χ3v) is 6.00. The molecule has 3 nitrogen and oxygen atoms in total. The van der Waals surface area contributed by atoms with Crippen molar-refractivity contribution in [3.63, 3.8) is 0 Å². The smallest absolute Gasteiger partial charge is 0.200 e. The third-order valence-electron chi connectivity index (χ3n) is 6.00. The summed E-state index contributed by atoms with van der Waals surface area (Å²) in [7, 11) is 7.91. The van der Waals surface area contributed by atoms with Gasteiger partial charge in [0, 0.05) is 39.8 Å². The van der Waals surface area contributed by atoms with E-state index >= 15 is 0 Å². The molecule has 0 saturated carbocycles. The maximum Gasteiger partial charge on any atom is 0.200 e. The maximum absolute atomic E-state index is 4.44. The minimum Gasteiger partial charge on any atom is -0.349 e. The van der Waals surface area contributed by atoms with Crippen LogP contribution in [-0.4, -0.2) is 44.0 Å². The topological polar surface area (TPSA) is 18.8 Å². The van der Waals surface area contributed by atoms with Gasteiger partial charge < -0.3 is 9.80 Å². The second kappa shape index (κ2) is 6.70. The zero-order valence-corrected chi connectivity index (χ0v) is 17.6. The van der Waals surface area contributed by atoms with Crippen LogP contribution in [0.25, 0.3) is 5.57 Å². The van der Waals surface area contributed by atoms with Crippen molar-refractivity contribution >= 4 is 11.5 Å². The average molecular weight is 340 g/mol. The van der Waals surface area contributed by atoms with Crippen molar-refractivity contribution < 1.29 is 0 Å². The van der Waals surface area contributed by atoms with E-state index in [4.69, 9.17) is 0 Å². The van der Waals surface area contributed by atoms with Crippen LogP contribution >= 0.6 is 0 Å². The van der Waals surface area contributed by atoms with E-state index in [0.717, 1.165) is 11.7 Å². The van der Waals surface area contributed by atoms with Gasteiger partial charge in [-0.1, -0.05) is 13.5 Å². The Balaban J connectivity index is 2.62. The van der Waals surface area contributed by atoms with Gasteiger partial charge in [-0.3, -0.25) is 4.99 Å². The van der Waals surface area contributed by atoms with Gasteiger partial charge in [-0.2, -0.15) is 0 Å². The monoisotopic (exact) mass is 339 g/mol. The lowest BCUT2D eigenvalue weighted by atomic mass is 9.85. The van der Waals surface area contributed by atoms with Crippen LogP contribution in [0.4, 0.5) is 0 Å². The van der Waals surface area contributed by atoms with E-state index in [9.17, 15) is 0 Å². The Kier molecular flexibility index (Phi) is 5.17. The van der Waals surface area contributed by atoms with Crippen LogP contribution in [0.5, 0.6) is 0 Å². The zero-order chi connectivity index (χ0) is 19.2. The quantitative estimate of drug-likeness (QED) is 0.569. The fraction of sp³-hybridized carbons (Fsp3) is 0.500. The number of likely N-dealkylation sites (N-methyl/N-ethyl adjacent to an activating group) is 1. The van der Waals surface area contributed by atoms with Gasteiger partial charge in [-0.15, -0.1) is 0 Å². The number of guanidine groups is 1. The van der Waals surface area contributed by atoms with Crippen LogP contribution in [0.3, 0.4) is 0 Å². The van der Waals surface area contributed by atoms with Gasteiger partial charge in [0.15, 0.2) is 5.96 Å². The van der Waals surface area contributed by atoms with Gasteiger partial charge in [-0.05, 0) is 79.1 Å². The molecule has 25 heavy (non-hydrogen) atoms. The molecule has 0 aromatic heterocycles. The summed E-state index contributed by atoms with van der Waals surface area (Å²) < 4.78 is 0. The molecule has 0 heterocycles. The molecule has 0 spiro atoms. The molecule has 1 aliphatic carbocycles. The van der Waals surface area contributed by atoms with E-state index in [-0.39, 0.29) is 0 Å². The summed E-state index contributed by atoms with van der Waals surface area (Å²) in [5, 5.41) is 0. The Morgan fingerprint density at radius 3 is 1.92 bits per heavy atom. The van der Waals surface area contributed by atoms with E-state index in [1.807, 2.05) is 26.0 Å². The number of nitrogens with zero attached hydrogens (tertiary/aromatic N) is 3. The second-order valence-electron chi connectivity index (χ2n) is 7.47. The van der Waals surface area contributed by atoms with Crippen molar-refractivity contribution in [3.8, 4) is 0 Å². The number of allylic oxidation sites excluding steroid dienone is 2. The second-order valence-corrected chi connectivity index (χ2v) is 7.47. The highest BCUT2D eigenvalue weighted by Gasteiger charge is 2.33. The Hall–Kier alpha value is -2.03. The summed E-state index contributed by atoms with van der Waals surface area (Å²) in [5.41, 5.74) is 12.3. The molecule has 0 saturated heterocycles. The minimum absolute atomic E-state index is 0.350. The first-order chi connectivity index (χ1) is 11.6. The first kappa shape index (κ1) is 19.3. The highest BCUT2D eigenvalue weighted by atomic mass is 15.3. The normalized spacial score (nSPS) is 17.0. The molecule has 0 N–H and O–H groups in total. The Labute approximate surface area is 153 Å². The lowest BCUT2D eigenvalue weighted by Crippen LogP contribution is -2.37. The van der Waals surface area contributed by atoms with E-state index in [0.29, 0.717) is 5.92 Å². The lowest BCUT2D eigenvalue weighted by molar-refractivity contribution is 0.489. The van der Waals surface area contributed by atoms with E-state index in [1.165, 1.54) is 44.5 Å². The van der Waals surface area contributed by atoms with Crippen molar-refractivity contribution in [3.05, 3.63) is 51.2 Å². The summed E-state index contributed by atoms with van der Waals surface area (Å²) in [4.78, 5) is 8.56. The first-order valence-electron chi connectivity index (χ1n) is 8.94. The van der Waals surface area contributed by atoms with E-state index < -0.39 is 0 Å². The van der Waals surface area contributed by atoms with Gasteiger partial charge in [-0.25, -0.2) is 0 Å². The van der Waals surface area contributed by atoms with Crippen molar-refractivity contribution in [1.82, 2.24) is 9.80 Å². The molecular weight excluding hydrogens is 306 g/mol. The molecule has 0 bridgehead atoms. The Morgan fingerprint density at radius 2 is 1.44 bits per heavy atom. The number of rotatable bonds is 2. The van der Waals surface area contributed by atoms with Crippen molar-refractivity contribution in [2.24, 2.45) is 4.99 Å². The first-order valence-corrected chi connectivity index (χ1v) is 8.94. The summed E-state index contributed by atoms with van der Waals surface area (Å²) >= 11 is 0. The maximum atomic E-state index is 4.44. The van der Waals surface area contributed by atoms with Crippen LogP contribution in [0.1, 0.15) is 53.1 Å². The van der Waals surface area contributed by atoms with Crippen molar-refractivity contribution in [1.29, 1.82) is 0 Å². The van der Waals surface area contributed by atoms with E-state index in [1.54, 1.807) is 0 Å². The molecule has 1 unspecified atom stereocenters. The molecule has 3 heteroatoms. The SMILES string of the molecule is C=C(C1=C(C)c2c(C)c(C)c(C)c(C)c2C1C)N(C)C(=NC)N(C)C. The largest absolute Gasteiger partial charge is 0.349 e. The fourth-order valence-corrected chi connectivity index (χ4v) is 4.39. The number of aliphatic imine (C=N–C) groups is 1. The van der Waals surface area contributed by atoms with Crippen LogP contribution in [0.2, 0.25) is 0 Å². The van der Waals surface area contributed by atoms with Crippen LogP contribution in [-0.2, 0) is 0 Å². The molecule has 1 aliphatic rings. The third kappa shape index (κ3) is 2.80. The number of fused-ring (bicyclic) bond motifs is 1. The number of hydrogen-bond acceptors (Lipinski definition) is 1. The molecule has 0 radical (unpaired) electrons. The molecule has 1 atom stereocenters. The van der Waals surface area contributed by atoms with Gasteiger partial charge in [0.05, 0.1) is 0 Å². The van der Waals surface area contributed by atoms with Gasteiger partial charge in [0.2, 0.25) is 0 Å². The predicted molar refractivity (Wildman–Crippen MR) is 110 cm³/mol. The summed E-state index contributed by atoms with van der Waals surface area (Å²) in [6.45, 7) is 18.0. The molecule has 0 amide bonds. The summed E-state index contributed by atoms with van der Waals surface area (Å²) in [6, 6.07) is 0. The summed E-state index contributed by atoms with van der Waals surface area (Å²) in [6.07, 6.45) is 0. The molecule has 1 aromatic rings. The van der Waals surface area contributed by atoms with E-state index in [2.05, 4.69) is 65.1 Å². The fourth-order valence-electron chi connectivity index (χ4n) is 4.39. The lowest BCUT2D eigenvalue weighted by Gasteiger charge is -2.30. The average Bonchev–Trinajstić information content (AvgIpc) is 2.81. The predicted octanol–water partition coefficient (Wildman–Crippen LogP) is 4.80. The van der Waals surface area contributed by atoms with Gasteiger partial charge in [0.25, 0.3) is 0 Å². The minimum atomic E-state index is 0.350. The Bertz CT molecular complexity index is 794. The van der Waals surface area contributed by atoms with Gasteiger partial charge in [0.1, 0.15) is 0 Å². The van der Waals surface area contributed by atoms with Crippen molar-refractivity contribution in [2.45, 2.75) is 47.5 Å². The molecule has 2 rings (SSSR count). The molecular formula is C22H33N3. The molecule has 1 aromatic carbocycles. The van der Waals surface area contributed by atoms with Crippen molar-refractivity contribution in [2.75, 3.05) is 28.2 Å². The zero-order valence-electron chi connectivity index (χ0n) is 17.6. The Morgan fingerprint density at radius 1 is 0.920 bits per heavy atom. The highest BCUT2D eigenvalue weighted by molar-refractivity contribution is 5.87. The summed E-state index contributed by atoms with van der Waals surface area (Å²) in [5.74, 6) is 1.26. The standard InChI is InChI=1S/C22H33N3/c1-12-13(2)15(4)21-17(6)19(16(5)20(21)14(12)3)18(7)25(11)22(23-8)24(9)10/h16H,7H2,1-6,8-11H3. The highest BCUT2D eigenvalue weighted by Crippen LogP contribution is 2.49. The molecule has 0 fully saturated rings. The molecule has 0 aliphatic heterocycles. The molecule has 136 valence electrons. The van der Waals surface area contributed by atoms with Crippen LogP contribution in [0.15, 0.2) is 22.8 Å².